The number of piperidine rings is 1. The van der Waals surface area contributed by atoms with Gasteiger partial charge in [0.1, 0.15) is 0 Å². The molecule has 1 amide bonds. The monoisotopic (exact) mass is 231 g/mol. The molecule has 0 saturated carbocycles. The highest BCUT2D eigenvalue weighted by Gasteiger charge is 2.20. The first-order valence-corrected chi connectivity index (χ1v) is 6.32. The molecule has 0 aromatic carbocycles. The normalized spacial score (nSPS) is 21.4. The maximum Gasteiger partial charge on any atom is 0.313 e. The van der Waals surface area contributed by atoms with Crippen LogP contribution in [0.1, 0.15) is 19.8 Å². The average Bonchev–Trinajstić information content (AvgIpc) is 2.17. The van der Waals surface area contributed by atoms with Crippen LogP contribution >= 0.6 is 11.8 Å². The van der Waals surface area contributed by atoms with Gasteiger partial charge in [0.2, 0.25) is 5.91 Å². The summed E-state index contributed by atoms with van der Waals surface area (Å²) >= 11 is 1.17. The number of thioether (sulfide) groups is 1. The minimum absolute atomic E-state index is 0.00906. The Morgan fingerprint density at radius 2 is 2.20 bits per heavy atom. The van der Waals surface area contributed by atoms with E-state index in [-0.39, 0.29) is 11.7 Å². The second-order valence-electron chi connectivity index (χ2n) is 3.97. The van der Waals surface area contributed by atoms with Crippen molar-refractivity contribution in [3.63, 3.8) is 0 Å². The van der Waals surface area contributed by atoms with Crippen LogP contribution in [0.25, 0.3) is 0 Å². The molecule has 0 radical (unpaired) electrons. The van der Waals surface area contributed by atoms with Crippen molar-refractivity contribution >= 4 is 23.6 Å². The maximum atomic E-state index is 11.6. The van der Waals surface area contributed by atoms with E-state index in [1.165, 1.54) is 18.2 Å². The van der Waals surface area contributed by atoms with E-state index in [2.05, 4.69) is 6.92 Å². The Morgan fingerprint density at radius 1 is 1.47 bits per heavy atom. The topological polar surface area (TPSA) is 57.6 Å². The smallest absolute Gasteiger partial charge is 0.313 e. The second kappa shape index (κ2) is 6.00. The van der Waals surface area contributed by atoms with Gasteiger partial charge in [-0.15, -0.1) is 11.8 Å². The Morgan fingerprint density at radius 3 is 2.80 bits per heavy atom. The fourth-order valence-corrected chi connectivity index (χ4v) is 2.37. The minimum atomic E-state index is -0.861. The first-order valence-electron chi connectivity index (χ1n) is 5.17. The molecule has 1 N–H and O–H groups in total. The number of hydrogen-bond donors (Lipinski definition) is 1. The number of nitrogens with zero attached hydrogens (tertiary/aromatic N) is 1. The Labute approximate surface area is 94.0 Å². The number of aliphatic carboxylic acids is 1. The van der Waals surface area contributed by atoms with Crippen molar-refractivity contribution in [2.24, 2.45) is 5.92 Å². The highest BCUT2D eigenvalue weighted by Crippen LogP contribution is 2.16. The third kappa shape index (κ3) is 4.55. The summed E-state index contributed by atoms with van der Waals surface area (Å²) in [7, 11) is 0. The number of amides is 1. The summed E-state index contributed by atoms with van der Waals surface area (Å²) in [5.74, 6) is 0.0912. The maximum absolute atomic E-state index is 11.6. The lowest BCUT2D eigenvalue weighted by Crippen LogP contribution is -2.40. The fourth-order valence-electron chi connectivity index (χ4n) is 1.73. The van der Waals surface area contributed by atoms with Gasteiger partial charge in [-0.3, -0.25) is 9.59 Å². The molecule has 0 bridgehead atoms. The van der Waals surface area contributed by atoms with Crippen molar-refractivity contribution in [2.75, 3.05) is 24.6 Å². The number of carboxylic acid groups (broad SMARTS) is 1. The van der Waals surface area contributed by atoms with Gasteiger partial charge in [-0.05, 0) is 18.8 Å². The summed E-state index contributed by atoms with van der Waals surface area (Å²) in [6.45, 7) is 3.80. The van der Waals surface area contributed by atoms with Crippen LogP contribution in [0.4, 0.5) is 0 Å². The van der Waals surface area contributed by atoms with E-state index < -0.39 is 5.97 Å². The van der Waals surface area contributed by atoms with E-state index in [4.69, 9.17) is 5.11 Å². The standard InChI is InChI=1S/C10H17NO3S/c1-8-3-2-4-11(5-8)9(12)6-15-7-10(13)14/h8H,2-7H2,1H3,(H,13,14). The number of rotatable bonds is 4. The summed E-state index contributed by atoms with van der Waals surface area (Å²) in [4.78, 5) is 23.8. The van der Waals surface area contributed by atoms with Crippen molar-refractivity contribution < 1.29 is 14.7 Å². The van der Waals surface area contributed by atoms with Crippen LogP contribution in [-0.2, 0) is 9.59 Å². The summed E-state index contributed by atoms with van der Waals surface area (Å²) in [6.07, 6.45) is 2.25. The molecule has 0 aliphatic carbocycles. The van der Waals surface area contributed by atoms with Crippen molar-refractivity contribution in [2.45, 2.75) is 19.8 Å². The molecular weight excluding hydrogens is 214 g/mol. The Kier molecular flexibility index (Phi) is 4.94. The van der Waals surface area contributed by atoms with Crippen LogP contribution in [0.15, 0.2) is 0 Å². The molecule has 0 spiro atoms. The number of carbonyl (C=O) groups is 2. The molecule has 1 fully saturated rings. The second-order valence-corrected chi connectivity index (χ2v) is 4.96. The summed E-state index contributed by atoms with van der Waals surface area (Å²) in [5, 5.41) is 8.43. The molecule has 1 aliphatic heterocycles. The van der Waals surface area contributed by atoms with Gasteiger partial charge in [0.05, 0.1) is 11.5 Å². The van der Waals surface area contributed by atoms with Gasteiger partial charge in [-0.2, -0.15) is 0 Å². The number of carboxylic acids is 1. The molecule has 0 aromatic heterocycles. The van der Waals surface area contributed by atoms with Gasteiger partial charge in [-0.25, -0.2) is 0 Å². The third-order valence-electron chi connectivity index (χ3n) is 2.46. The fraction of sp³-hybridized carbons (Fsp3) is 0.800. The van der Waals surface area contributed by atoms with E-state index in [1.807, 2.05) is 4.90 Å². The van der Waals surface area contributed by atoms with Crippen molar-refractivity contribution in [1.82, 2.24) is 4.90 Å². The van der Waals surface area contributed by atoms with Crippen molar-refractivity contribution in [3.05, 3.63) is 0 Å². The molecule has 86 valence electrons. The number of likely N-dealkylation sites (tertiary alicyclic amines) is 1. The molecule has 1 aliphatic rings. The van der Waals surface area contributed by atoms with Gasteiger partial charge in [0.25, 0.3) is 0 Å². The molecule has 0 aromatic rings. The summed E-state index contributed by atoms with van der Waals surface area (Å²) < 4.78 is 0. The number of carbonyl (C=O) groups excluding carboxylic acids is 1. The first-order chi connectivity index (χ1) is 7.09. The molecule has 5 heteroatoms. The van der Waals surface area contributed by atoms with Crippen LogP contribution in [0.5, 0.6) is 0 Å². The zero-order chi connectivity index (χ0) is 11.3. The minimum Gasteiger partial charge on any atom is -0.481 e. The molecule has 15 heavy (non-hydrogen) atoms. The van der Waals surface area contributed by atoms with E-state index in [0.717, 1.165) is 19.5 Å². The van der Waals surface area contributed by atoms with Crippen LogP contribution in [0.2, 0.25) is 0 Å². The lowest BCUT2D eigenvalue weighted by Gasteiger charge is -2.30. The largest absolute Gasteiger partial charge is 0.481 e. The lowest BCUT2D eigenvalue weighted by atomic mass is 10.0. The molecule has 4 nitrogen and oxygen atoms in total. The molecule has 1 saturated heterocycles. The summed E-state index contributed by atoms with van der Waals surface area (Å²) in [6, 6.07) is 0. The predicted octanol–water partition coefficient (Wildman–Crippen LogP) is 1.06. The zero-order valence-corrected chi connectivity index (χ0v) is 9.76. The third-order valence-corrected chi connectivity index (χ3v) is 3.36. The van der Waals surface area contributed by atoms with Gasteiger partial charge in [0, 0.05) is 13.1 Å². The molecule has 1 unspecified atom stereocenters. The Hall–Kier alpha value is -0.710. The van der Waals surface area contributed by atoms with Crippen LogP contribution in [-0.4, -0.2) is 46.5 Å². The SMILES string of the molecule is CC1CCCN(C(=O)CSCC(=O)O)C1. The van der Waals surface area contributed by atoms with E-state index in [0.29, 0.717) is 11.7 Å². The van der Waals surface area contributed by atoms with Crippen LogP contribution in [0.3, 0.4) is 0 Å². The summed E-state index contributed by atoms with van der Waals surface area (Å²) in [5.41, 5.74) is 0. The number of hydrogen-bond acceptors (Lipinski definition) is 3. The Bertz CT molecular complexity index is 245. The predicted molar refractivity (Wildman–Crippen MR) is 59.9 cm³/mol. The van der Waals surface area contributed by atoms with E-state index in [1.54, 1.807) is 0 Å². The molecule has 1 heterocycles. The van der Waals surface area contributed by atoms with Gasteiger partial charge in [0.15, 0.2) is 0 Å². The van der Waals surface area contributed by atoms with E-state index in [9.17, 15) is 9.59 Å². The average molecular weight is 231 g/mol. The van der Waals surface area contributed by atoms with Crippen LogP contribution in [0, 0.1) is 5.92 Å². The highest BCUT2D eigenvalue weighted by atomic mass is 32.2. The highest BCUT2D eigenvalue weighted by molar-refractivity contribution is 8.00. The Balaban J connectivity index is 2.24. The zero-order valence-electron chi connectivity index (χ0n) is 8.94. The van der Waals surface area contributed by atoms with Gasteiger partial charge >= 0.3 is 5.97 Å². The van der Waals surface area contributed by atoms with Gasteiger partial charge < -0.3 is 10.0 Å². The molecular formula is C10H17NO3S. The quantitative estimate of drug-likeness (QED) is 0.786. The van der Waals surface area contributed by atoms with Crippen LogP contribution < -0.4 is 0 Å². The first kappa shape index (κ1) is 12.4. The molecule has 1 atom stereocenters. The van der Waals surface area contributed by atoms with Crippen molar-refractivity contribution in [3.8, 4) is 0 Å². The van der Waals surface area contributed by atoms with Gasteiger partial charge in [-0.1, -0.05) is 6.92 Å². The molecule has 1 rings (SSSR count). The lowest BCUT2D eigenvalue weighted by molar-refractivity contribution is -0.133. The van der Waals surface area contributed by atoms with Crippen molar-refractivity contribution in [1.29, 1.82) is 0 Å². The van der Waals surface area contributed by atoms with E-state index >= 15 is 0 Å².